The molecule has 19 heavy (non-hydrogen) atoms. The van der Waals surface area contributed by atoms with Crippen molar-refractivity contribution >= 4 is 11.6 Å². The van der Waals surface area contributed by atoms with E-state index in [1.54, 1.807) is 11.8 Å². The van der Waals surface area contributed by atoms with Gasteiger partial charge >= 0.3 is 0 Å². The van der Waals surface area contributed by atoms with Crippen LogP contribution in [0.4, 0.5) is 5.69 Å². The molecule has 2 rings (SSSR count). The molecule has 1 aromatic rings. The first-order chi connectivity index (χ1) is 9.02. The zero-order valence-corrected chi connectivity index (χ0v) is 11.6. The highest BCUT2D eigenvalue weighted by atomic mass is 16.5. The first-order valence-electron chi connectivity index (χ1n) is 6.39. The van der Waals surface area contributed by atoms with Crippen LogP contribution in [0.3, 0.4) is 0 Å². The molecule has 1 aliphatic heterocycles. The SMILES string of the molecule is CC1Oc2ccc(CO)cc2N(CCN(C)C)C1=O. The van der Waals surface area contributed by atoms with Gasteiger partial charge in [0.2, 0.25) is 0 Å². The first kappa shape index (κ1) is 13.8. The van der Waals surface area contributed by atoms with E-state index in [4.69, 9.17) is 4.74 Å². The third-order valence-corrected chi connectivity index (χ3v) is 3.19. The summed E-state index contributed by atoms with van der Waals surface area (Å²) in [6.07, 6.45) is -0.463. The van der Waals surface area contributed by atoms with E-state index in [-0.39, 0.29) is 12.5 Å². The summed E-state index contributed by atoms with van der Waals surface area (Å²) in [5.41, 5.74) is 1.52. The number of hydrogen-bond donors (Lipinski definition) is 1. The van der Waals surface area contributed by atoms with Crippen molar-refractivity contribution in [2.45, 2.75) is 19.6 Å². The number of aliphatic hydroxyl groups excluding tert-OH is 1. The maximum atomic E-state index is 12.2. The lowest BCUT2D eigenvalue weighted by molar-refractivity contribution is -0.125. The van der Waals surface area contributed by atoms with E-state index in [1.807, 2.05) is 37.2 Å². The van der Waals surface area contributed by atoms with Crippen LogP contribution in [0.5, 0.6) is 5.75 Å². The highest BCUT2D eigenvalue weighted by Crippen LogP contribution is 2.34. The number of rotatable bonds is 4. The Balaban J connectivity index is 2.33. The number of amides is 1. The number of anilines is 1. The lowest BCUT2D eigenvalue weighted by Crippen LogP contribution is -2.46. The zero-order valence-electron chi connectivity index (χ0n) is 11.6. The molecular weight excluding hydrogens is 244 g/mol. The van der Waals surface area contributed by atoms with E-state index in [1.165, 1.54) is 0 Å². The summed E-state index contributed by atoms with van der Waals surface area (Å²) in [4.78, 5) is 16.0. The third kappa shape index (κ3) is 2.88. The van der Waals surface area contributed by atoms with Gasteiger partial charge in [0.25, 0.3) is 5.91 Å². The summed E-state index contributed by atoms with van der Waals surface area (Å²) in [6, 6.07) is 5.44. The topological polar surface area (TPSA) is 53.0 Å². The predicted octanol–water partition coefficient (Wildman–Crippen LogP) is 0.854. The molecule has 1 amide bonds. The van der Waals surface area contributed by atoms with Gasteiger partial charge in [-0.2, -0.15) is 0 Å². The minimum Gasteiger partial charge on any atom is -0.479 e. The van der Waals surface area contributed by atoms with Crippen LogP contribution in [-0.2, 0) is 11.4 Å². The number of aliphatic hydroxyl groups is 1. The van der Waals surface area contributed by atoms with Gasteiger partial charge in [-0.05, 0) is 38.7 Å². The molecule has 0 fully saturated rings. The fourth-order valence-corrected chi connectivity index (χ4v) is 2.08. The van der Waals surface area contributed by atoms with Crippen LogP contribution in [-0.4, -0.2) is 49.2 Å². The van der Waals surface area contributed by atoms with Crippen molar-refractivity contribution in [3.63, 3.8) is 0 Å². The van der Waals surface area contributed by atoms with E-state index < -0.39 is 6.10 Å². The lowest BCUT2D eigenvalue weighted by atomic mass is 10.1. The van der Waals surface area contributed by atoms with Gasteiger partial charge in [0.1, 0.15) is 5.75 Å². The van der Waals surface area contributed by atoms with Gasteiger partial charge in [-0.1, -0.05) is 6.07 Å². The van der Waals surface area contributed by atoms with Crippen molar-refractivity contribution in [1.82, 2.24) is 4.90 Å². The maximum absolute atomic E-state index is 12.2. The molecule has 1 heterocycles. The third-order valence-electron chi connectivity index (χ3n) is 3.19. The molecule has 0 spiro atoms. The average Bonchev–Trinajstić information content (AvgIpc) is 2.38. The standard InChI is InChI=1S/C14H20N2O3/c1-10-14(18)16(7-6-15(2)3)12-8-11(9-17)4-5-13(12)19-10/h4-5,8,10,17H,6-7,9H2,1-3H3. The second kappa shape index (κ2) is 5.59. The monoisotopic (exact) mass is 264 g/mol. The molecule has 1 atom stereocenters. The fourth-order valence-electron chi connectivity index (χ4n) is 2.08. The summed E-state index contributed by atoms with van der Waals surface area (Å²) < 4.78 is 5.59. The van der Waals surface area contributed by atoms with Crippen LogP contribution in [0.25, 0.3) is 0 Å². The number of benzene rings is 1. The van der Waals surface area contributed by atoms with Gasteiger partial charge in [-0.25, -0.2) is 0 Å². The molecule has 5 heteroatoms. The molecular formula is C14H20N2O3. The Morgan fingerprint density at radius 1 is 1.42 bits per heavy atom. The Morgan fingerprint density at radius 2 is 2.16 bits per heavy atom. The van der Waals surface area contributed by atoms with Crippen molar-refractivity contribution in [3.8, 4) is 5.75 Å². The van der Waals surface area contributed by atoms with Gasteiger partial charge in [-0.15, -0.1) is 0 Å². The molecule has 0 bridgehead atoms. The number of likely N-dealkylation sites (N-methyl/N-ethyl adjacent to an activating group) is 1. The molecule has 0 radical (unpaired) electrons. The van der Waals surface area contributed by atoms with Crippen LogP contribution in [0.15, 0.2) is 18.2 Å². The number of carbonyl (C=O) groups excluding carboxylic acids is 1. The Morgan fingerprint density at radius 3 is 2.79 bits per heavy atom. The lowest BCUT2D eigenvalue weighted by Gasteiger charge is -2.34. The molecule has 5 nitrogen and oxygen atoms in total. The minimum atomic E-state index is -0.463. The average molecular weight is 264 g/mol. The number of ether oxygens (including phenoxy) is 1. The van der Waals surface area contributed by atoms with Crippen LogP contribution in [0, 0.1) is 0 Å². The molecule has 0 saturated heterocycles. The van der Waals surface area contributed by atoms with Gasteiger partial charge in [0, 0.05) is 13.1 Å². The number of fused-ring (bicyclic) bond motifs is 1. The summed E-state index contributed by atoms with van der Waals surface area (Å²) in [5.74, 6) is 0.660. The second-order valence-electron chi connectivity index (χ2n) is 5.01. The highest BCUT2D eigenvalue weighted by Gasteiger charge is 2.31. The molecule has 1 aromatic carbocycles. The number of carbonyl (C=O) groups is 1. The molecule has 0 aliphatic carbocycles. The Kier molecular flexibility index (Phi) is 4.07. The molecule has 104 valence electrons. The van der Waals surface area contributed by atoms with E-state index in [9.17, 15) is 9.90 Å². The Hall–Kier alpha value is -1.59. The normalized spacial score (nSPS) is 18.5. The van der Waals surface area contributed by atoms with E-state index in [2.05, 4.69) is 0 Å². The summed E-state index contributed by atoms with van der Waals surface area (Å²) >= 11 is 0. The molecule has 1 N–H and O–H groups in total. The van der Waals surface area contributed by atoms with Gasteiger partial charge < -0.3 is 19.6 Å². The van der Waals surface area contributed by atoms with Crippen molar-refractivity contribution in [2.24, 2.45) is 0 Å². The van der Waals surface area contributed by atoms with Crippen molar-refractivity contribution in [1.29, 1.82) is 0 Å². The number of hydrogen-bond acceptors (Lipinski definition) is 4. The number of nitrogens with zero attached hydrogens (tertiary/aromatic N) is 2. The second-order valence-corrected chi connectivity index (χ2v) is 5.01. The predicted molar refractivity (Wildman–Crippen MR) is 73.4 cm³/mol. The summed E-state index contributed by atoms with van der Waals surface area (Å²) in [6.45, 7) is 3.11. The molecule has 0 aromatic heterocycles. The summed E-state index contributed by atoms with van der Waals surface area (Å²) in [5, 5.41) is 9.21. The molecule has 1 unspecified atom stereocenters. The van der Waals surface area contributed by atoms with Gasteiger partial charge in [-0.3, -0.25) is 4.79 Å². The van der Waals surface area contributed by atoms with Crippen LogP contribution in [0.2, 0.25) is 0 Å². The first-order valence-corrected chi connectivity index (χ1v) is 6.39. The Bertz CT molecular complexity index is 474. The van der Waals surface area contributed by atoms with Crippen molar-refractivity contribution in [2.75, 3.05) is 32.1 Å². The maximum Gasteiger partial charge on any atom is 0.267 e. The van der Waals surface area contributed by atoms with Gasteiger partial charge in [0.05, 0.1) is 12.3 Å². The van der Waals surface area contributed by atoms with E-state index in [0.717, 1.165) is 17.8 Å². The van der Waals surface area contributed by atoms with Gasteiger partial charge in [0.15, 0.2) is 6.10 Å². The molecule has 1 aliphatic rings. The summed E-state index contributed by atoms with van der Waals surface area (Å²) in [7, 11) is 3.94. The van der Waals surface area contributed by atoms with Crippen LogP contribution >= 0.6 is 0 Å². The molecule has 0 saturated carbocycles. The highest BCUT2D eigenvalue weighted by molar-refractivity contribution is 5.99. The Labute approximate surface area is 113 Å². The van der Waals surface area contributed by atoms with Crippen LogP contribution in [0.1, 0.15) is 12.5 Å². The van der Waals surface area contributed by atoms with E-state index >= 15 is 0 Å². The minimum absolute atomic E-state index is 0.0376. The van der Waals surface area contributed by atoms with E-state index in [0.29, 0.717) is 12.3 Å². The largest absolute Gasteiger partial charge is 0.479 e. The quantitative estimate of drug-likeness (QED) is 0.876. The zero-order chi connectivity index (χ0) is 14.0. The van der Waals surface area contributed by atoms with Crippen LogP contribution < -0.4 is 9.64 Å². The fraction of sp³-hybridized carbons (Fsp3) is 0.500. The van der Waals surface area contributed by atoms with Crippen molar-refractivity contribution < 1.29 is 14.6 Å². The smallest absolute Gasteiger partial charge is 0.267 e. The van der Waals surface area contributed by atoms with Crippen molar-refractivity contribution in [3.05, 3.63) is 23.8 Å².